The number of ether oxygens (including phenoxy) is 3. The fourth-order valence-corrected chi connectivity index (χ4v) is 2.17. The van der Waals surface area contributed by atoms with Gasteiger partial charge in [0.05, 0.1) is 13.7 Å². The fraction of sp³-hybridized carbons (Fsp3) is 0.579. The van der Waals surface area contributed by atoms with E-state index in [-0.39, 0.29) is 24.8 Å². The Kier molecular flexibility index (Phi) is 10.3. The maximum Gasteiger partial charge on any atom is 0.311 e. The normalized spacial score (nSPS) is 10.2. The molecule has 1 aromatic rings. The van der Waals surface area contributed by atoms with E-state index < -0.39 is 0 Å². The molecular weight excluding hydrogens is 308 g/mol. The second kappa shape index (κ2) is 12.4. The first-order valence-electron chi connectivity index (χ1n) is 8.66. The summed E-state index contributed by atoms with van der Waals surface area (Å²) in [6.07, 6.45) is 6.48. The molecule has 0 aliphatic heterocycles. The zero-order chi connectivity index (χ0) is 17.6. The topological polar surface area (TPSA) is 61.8 Å². The zero-order valence-electron chi connectivity index (χ0n) is 14.7. The van der Waals surface area contributed by atoms with Crippen LogP contribution in [0.1, 0.15) is 58.3 Å². The van der Waals surface area contributed by atoms with Crippen molar-refractivity contribution in [3.63, 3.8) is 0 Å². The van der Waals surface area contributed by atoms with E-state index in [1.54, 1.807) is 31.4 Å². The highest BCUT2D eigenvalue weighted by Gasteiger charge is 2.08. The molecule has 0 N–H and O–H groups in total. The molecule has 5 nitrogen and oxygen atoms in total. The smallest absolute Gasteiger partial charge is 0.311 e. The lowest BCUT2D eigenvalue weighted by molar-refractivity contribution is -0.144. The first-order chi connectivity index (χ1) is 11.7. The van der Waals surface area contributed by atoms with Crippen LogP contribution in [0, 0.1) is 0 Å². The molecule has 0 amide bonds. The van der Waals surface area contributed by atoms with Gasteiger partial charge in [-0.2, -0.15) is 0 Å². The average molecular weight is 336 g/mol. The summed E-state index contributed by atoms with van der Waals surface area (Å²) in [5.41, 5.74) is 0. The summed E-state index contributed by atoms with van der Waals surface area (Å²) in [7, 11) is 1.57. The van der Waals surface area contributed by atoms with E-state index in [9.17, 15) is 9.59 Å². The monoisotopic (exact) mass is 336 g/mol. The predicted octanol–water partition coefficient (Wildman–Crippen LogP) is 4.28. The molecule has 0 unspecified atom stereocenters. The van der Waals surface area contributed by atoms with E-state index in [1.807, 2.05) is 0 Å². The molecule has 0 fully saturated rings. The van der Waals surface area contributed by atoms with Crippen molar-refractivity contribution in [1.82, 2.24) is 0 Å². The standard InChI is InChI=1S/C19H28O5/c1-3-4-5-6-7-15-23-18(20)9-8-10-19(21)24-17-13-11-16(22-2)12-14-17/h11-14H,3-10,15H2,1-2H3. The number of carbonyl (C=O) groups excluding carboxylic acids is 2. The van der Waals surface area contributed by atoms with Gasteiger partial charge in [-0.3, -0.25) is 9.59 Å². The third kappa shape index (κ3) is 9.18. The van der Waals surface area contributed by atoms with Crippen molar-refractivity contribution in [3.05, 3.63) is 24.3 Å². The van der Waals surface area contributed by atoms with E-state index in [0.29, 0.717) is 24.5 Å². The van der Waals surface area contributed by atoms with Crippen LogP contribution in [0.3, 0.4) is 0 Å². The van der Waals surface area contributed by atoms with Crippen LogP contribution in [0.25, 0.3) is 0 Å². The van der Waals surface area contributed by atoms with E-state index in [2.05, 4.69) is 6.92 Å². The Labute approximate surface area is 144 Å². The molecule has 5 heteroatoms. The Bertz CT molecular complexity index is 481. The van der Waals surface area contributed by atoms with E-state index in [1.165, 1.54) is 19.3 Å². The van der Waals surface area contributed by atoms with Gasteiger partial charge >= 0.3 is 11.9 Å². The molecule has 0 spiro atoms. The summed E-state index contributed by atoms with van der Waals surface area (Å²) in [5, 5.41) is 0. The summed E-state index contributed by atoms with van der Waals surface area (Å²) in [6, 6.07) is 6.79. The summed E-state index contributed by atoms with van der Waals surface area (Å²) < 4.78 is 15.4. The first-order valence-corrected chi connectivity index (χ1v) is 8.66. The highest BCUT2D eigenvalue weighted by atomic mass is 16.5. The van der Waals surface area contributed by atoms with Gasteiger partial charge in [-0.1, -0.05) is 32.6 Å². The molecule has 1 rings (SSSR count). The predicted molar refractivity (Wildman–Crippen MR) is 92.2 cm³/mol. The molecule has 0 radical (unpaired) electrons. The Morgan fingerprint density at radius 3 is 2.12 bits per heavy atom. The number of benzene rings is 1. The largest absolute Gasteiger partial charge is 0.497 e. The average Bonchev–Trinajstić information content (AvgIpc) is 2.58. The number of esters is 2. The molecule has 0 bridgehead atoms. The number of carbonyl (C=O) groups is 2. The van der Waals surface area contributed by atoms with Crippen LogP contribution in [0.4, 0.5) is 0 Å². The minimum atomic E-state index is -0.354. The molecule has 0 heterocycles. The maximum absolute atomic E-state index is 11.7. The van der Waals surface area contributed by atoms with Crippen LogP contribution in [-0.2, 0) is 14.3 Å². The molecule has 0 aromatic heterocycles. The number of hydrogen-bond donors (Lipinski definition) is 0. The second-order valence-corrected chi connectivity index (χ2v) is 5.64. The molecule has 0 aliphatic rings. The van der Waals surface area contributed by atoms with Crippen molar-refractivity contribution >= 4 is 11.9 Å². The fourth-order valence-electron chi connectivity index (χ4n) is 2.17. The lowest BCUT2D eigenvalue weighted by Crippen LogP contribution is -2.10. The lowest BCUT2D eigenvalue weighted by atomic mass is 10.2. The van der Waals surface area contributed by atoms with Crippen LogP contribution >= 0.6 is 0 Å². The summed E-state index contributed by atoms with van der Waals surface area (Å²) in [6.45, 7) is 2.64. The maximum atomic E-state index is 11.7. The van der Waals surface area contributed by atoms with E-state index >= 15 is 0 Å². The van der Waals surface area contributed by atoms with Gasteiger partial charge < -0.3 is 14.2 Å². The summed E-state index contributed by atoms with van der Waals surface area (Å²) in [4.78, 5) is 23.3. The molecule has 0 saturated carbocycles. The van der Waals surface area contributed by atoms with Crippen molar-refractivity contribution < 1.29 is 23.8 Å². The number of methoxy groups -OCH3 is 1. The Morgan fingerprint density at radius 1 is 0.833 bits per heavy atom. The molecule has 24 heavy (non-hydrogen) atoms. The van der Waals surface area contributed by atoms with Crippen molar-refractivity contribution in [2.24, 2.45) is 0 Å². The van der Waals surface area contributed by atoms with Gasteiger partial charge in [0.2, 0.25) is 0 Å². The van der Waals surface area contributed by atoms with Gasteiger partial charge in [0.25, 0.3) is 0 Å². The number of rotatable bonds is 12. The van der Waals surface area contributed by atoms with Crippen LogP contribution in [0.5, 0.6) is 11.5 Å². The van der Waals surface area contributed by atoms with Gasteiger partial charge in [0.1, 0.15) is 11.5 Å². The third-order valence-electron chi connectivity index (χ3n) is 3.56. The van der Waals surface area contributed by atoms with Gasteiger partial charge in [0, 0.05) is 12.8 Å². The van der Waals surface area contributed by atoms with Crippen molar-refractivity contribution in [3.8, 4) is 11.5 Å². The quantitative estimate of drug-likeness (QED) is 0.324. The molecule has 134 valence electrons. The molecule has 0 aliphatic carbocycles. The molecular formula is C19H28O5. The van der Waals surface area contributed by atoms with Crippen molar-refractivity contribution in [2.45, 2.75) is 58.3 Å². The zero-order valence-corrected chi connectivity index (χ0v) is 14.7. The van der Waals surface area contributed by atoms with Crippen LogP contribution in [-0.4, -0.2) is 25.7 Å². The molecule has 1 aromatic carbocycles. The van der Waals surface area contributed by atoms with Crippen LogP contribution in [0.2, 0.25) is 0 Å². The SMILES string of the molecule is CCCCCCCOC(=O)CCCC(=O)Oc1ccc(OC)cc1. The summed E-state index contributed by atoms with van der Waals surface area (Å²) >= 11 is 0. The highest BCUT2D eigenvalue weighted by molar-refractivity contribution is 5.74. The van der Waals surface area contributed by atoms with E-state index in [0.717, 1.165) is 12.8 Å². The number of unbranched alkanes of at least 4 members (excludes halogenated alkanes) is 4. The third-order valence-corrected chi connectivity index (χ3v) is 3.56. The first kappa shape index (κ1) is 20.0. The van der Waals surface area contributed by atoms with Gasteiger partial charge in [-0.15, -0.1) is 0 Å². The molecule has 0 saturated heterocycles. The van der Waals surface area contributed by atoms with Crippen molar-refractivity contribution in [2.75, 3.05) is 13.7 Å². The van der Waals surface area contributed by atoms with Crippen molar-refractivity contribution in [1.29, 1.82) is 0 Å². The van der Waals surface area contributed by atoms with E-state index in [4.69, 9.17) is 14.2 Å². The van der Waals surface area contributed by atoms with Gasteiger partial charge in [-0.25, -0.2) is 0 Å². The number of hydrogen-bond acceptors (Lipinski definition) is 5. The van der Waals surface area contributed by atoms with Crippen LogP contribution in [0.15, 0.2) is 24.3 Å². The molecule has 0 atom stereocenters. The Morgan fingerprint density at radius 2 is 1.46 bits per heavy atom. The minimum absolute atomic E-state index is 0.192. The Hall–Kier alpha value is -2.04. The Balaban J connectivity index is 2.08. The highest BCUT2D eigenvalue weighted by Crippen LogP contribution is 2.17. The van der Waals surface area contributed by atoms with Gasteiger partial charge in [0.15, 0.2) is 0 Å². The summed E-state index contributed by atoms with van der Waals surface area (Å²) in [5.74, 6) is 0.568. The minimum Gasteiger partial charge on any atom is -0.497 e. The second-order valence-electron chi connectivity index (χ2n) is 5.64. The van der Waals surface area contributed by atoms with Gasteiger partial charge in [-0.05, 0) is 37.1 Å². The van der Waals surface area contributed by atoms with Crippen LogP contribution < -0.4 is 9.47 Å². The lowest BCUT2D eigenvalue weighted by Gasteiger charge is -2.06.